The first-order chi connectivity index (χ1) is 52.7. The normalized spacial score (nSPS) is 14.8. The maximum atomic E-state index is 13.1. The number of rotatable bonds is 75. The van der Waals surface area contributed by atoms with Gasteiger partial charge in [0.05, 0.1) is 26.4 Å². The molecule has 0 rings (SSSR count). The van der Waals surface area contributed by atoms with E-state index >= 15 is 0 Å². The average Bonchev–Trinajstić information content (AvgIpc) is 0.901. The molecule has 19 heteroatoms. The molecule has 0 aromatic heterocycles. The molecule has 17 nitrogen and oxygen atoms in total. The second-order valence-electron chi connectivity index (χ2n) is 26.5. The predicted octanol–water partition coefficient (Wildman–Crippen LogP) is 24.3. The lowest BCUT2D eigenvalue weighted by Crippen LogP contribution is -2.30. The van der Waals surface area contributed by atoms with Gasteiger partial charge in [0.2, 0.25) is 0 Å². The lowest BCUT2D eigenvalue weighted by atomic mass is 10.1. The fourth-order valence-corrected chi connectivity index (χ4v) is 11.9. The minimum Gasteiger partial charge on any atom is -0.462 e. The third kappa shape index (κ3) is 78.3. The van der Waals surface area contributed by atoms with Gasteiger partial charge in [-0.3, -0.25) is 37.3 Å². The molecule has 0 radical (unpaired) electrons. The lowest BCUT2D eigenvalue weighted by molar-refractivity contribution is -0.161. The molecule has 612 valence electrons. The summed E-state index contributed by atoms with van der Waals surface area (Å²) >= 11 is 0. The summed E-state index contributed by atoms with van der Waals surface area (Å²) in [6.07, 6.45) is 95.9. The number of unbranched alkanes of at least 4 members (excludes halogenated alkanes) is 19. The molecule has 0 saturated carbocycles. The molecule has 108 heavy (non-hydrogen) atoms. The zero-order valence-corrected chi connectivity index (χ0v) is 68.7. The number of aliphatic hydroxyl groups excluding tert-OH is 1. The number of hydrogen-bond donors (Lipinski definition) is 3. The van der Waals surface area contributed by atoms with Crippen molar-refractivity contribution in [3.8, 4) is 0 Å². The van der Waals surface area contributed by atoms with Gasteiger partial charge in [0.15, 0.2) is 12.2 Å². The highest BCUT2D eigenvalue weighted by molar-refractivity contribution is 7.47. The Morgan fingerprint density at radius 2 is 0.472 bits per heavy atom. The van der Waals surface area contributed by atoms with Crippen molar-refractivity contribution in [2.75, 3.05) is 39.6 Å². The number of carbonyl (C=O) groups is 4. The summed E-state index contributed by atoms with van der Waals surface area (Å²) in [6, 6.07) is 0. The highest BCUT2D eigenvalue weighted by atomic mass is 31.2. The number of allylic oxidation sites excluding steroid dienone is 30. The highest BCUT2D eigenvalue weighted by Gasteiger charge is 2.30. The van der Waals surface area contributed by atoms with Crippen LogP contribution in [0.1, 0.15) is 297 Å². The summed E-state index contributed by atoms with van der Waals surface area (Å²) in [7, 11) is -10.0. The van der Waals surface area contributed by atoms with Gasteiger partial charge in [-0.2, -0.15) is 0 Å². The Hall–Kier alpha value is -5.84. The molecule has 0 aromatic rings. The Labute approximate surface area is 654 Å². The maximum absolute atomic E-state index is 13.1. The third-order valence-electron chi connectivity index (χ3n) is 16.4. The predicted molar refractivity (Wildman–Crippen MR) is 445 cm³/mol. The molecule has 0 amide bonds. The number of phosphoric ester groups is 2. The van der Waals surface area contributed by atoms with Crippen LogP contribution in [-0.4, -0.2) is 96.7 Å². The van der Waals surface area contributed by atoms with Gasteiger partial charge in [0.1, 0.15) is 19.3 Å². The number of esters is 4. The molecule has 0 saturated heterocycles. The van der Waals surface area contributed by atoms with E-state index in [2.05, 4.69) is 192 Å². The SMILES string of the molecule is CC/C=C\C/C=C\C/C=C\C/C=C\C/C=C\C/C=C\CCC(=O)OCC(COP(=O)(O)OCC(O)COP(=O)(O)OCC(COC(=O)CCCCCCCCC/C=C\C/C=C\C/C=C\CC)OC(=O)CCCCCCCCC/C=C\C/C=C\C/C=C\CC)OC(=O)CCCCCCC/C=C\C/C=C\C/C=C\CC. The third-order valence-corrected chi connectivity index (χ3v) is 18.3. The molecule has 5 unspecified atom stereocenters. The van der Waals surface area contributed by atoms with Crippen LogP contribution in [0.2, 0.25) is 0 Å². The fraction of sp³-hybridized carbons (Fsp3) is 0.618. The van der Waals surface area contributed by atoms with Gasteiger partial charge in [-0.25, -0.2) is 9.13 Å². The van der Waals surface area contributed by atoms with E-state index < -0.39 is 97.5 Å². The van der Waals surface area contributed by atoms with E-state index in [1.807, 2.05) is 18.2 Å². The molecular weight excluding hydrogens is 1400 g/mol. The largest absolute Gasteiger partial charge is 0.472 e. The van der Waals surface area contributed by atoms with Gasteiger partial charge in [0.25, 0.3) is 0 Å². The summed E-state index contributed by atoms with van der Waals surface area (Å²) in [5.41, 5.74) is 0. The molecule has 0 spiro atoms. The van der Waals surface area contributed by atoms with Crippen LogP contribution in [0.15, 0.2) is 182 Å². The lowest BCUT2D eigenvalue weighted by Gasteiger charge is -2.21. The highest BCUT2D eigenvalue weighted by Crippen LogP contribution is 2.45. The first kappa shape index (κ1) is 102. The number of ether oxygens (including phenoxy) is 4. The van der Waals surface area contributed by atoms with E-state index in [1.54, 1.807) is 0 Å². The quantitative estimate of drug-likeness (QED) is 0.0169. The van der Waals surface area contributed by atoms with E-state index in [1.165, 1.54) is 0 Å². The number of carbonyl (C=O) groups excluding carboxylic acids is 4. The van der Waals surface area contributed by atoms with Gasteiger partial charge in [-0.05, 0) is 161 Å². The zero-order valence-electron chi connectivity index (χ0n) is 66.9. The second kappa shape index (κ2) is 79.3. The molecule has 5 atom stereocenters. The Balaban J connectivity index is 5.48. The van der Waals surface area contributed by atoms with Crippen molar-refractivity contribution in [3.05, 3.63) is 182 Å². The first-order valence-electron chi connectivity index (χ1n) is 41.0. The molecule has 0 heterocycles. The van der Waals surface area contributed by atoms with Gasteiger partial charge < -0.3 is 33.8 Å². The van der Waals surface area contributed by atoms with Crippen LogP contribution in [-0.2, 0) is 65.4 Å². The summed E-state index contributed by atoms with van der Waals surface area (Å²) in [5.74, 6) is -2.32. The van der Waals surface area contributed by atoms with E-state index in [9.17, 15) is 43.2 Å². The standard InChI is InChI=1S/C89H144O17P2/c1-5-9-13-17-21-25-29-33-37-40-41-44-47-50-54-58-62-66-70-74-87(92)100-79-84(105-88(93)75-71-67-63-59-55-51-45-36-32-28-24-20-16-12-8-4)81-103-107(95,96)101-77-83(90)78-102-108(97,98)104-82-85(106-89(94)76-72-68-64-60-56-52-48-43-39-35-31-27-23-19-15-11-7-3)80-99-86(91)73-69-65-61-57-53-49-46-42-38-34-30-26-22-18-14-10-6-2/h9-16,21-28,33-39,41,44-45,50,54,62,66,83-85,90H,5-8,17-20,29-32,40,42-43,46-49,51-53,55-61,63-65,67-82H2,1-4H3,(H,95,96)(H,97,98)/b13-9-,14-10-,15-11-,16-12-,25-21-,26-22-,27-23-,28-24-,37-33-,38-34-,39-35-,44-41-,45-36-,54-50-,66-62-. The molecular formula is C89H144O17P2. The van der Waals surface area contributed by atoms with Crippen molar-refractivity contribution in [3.63, 3.8) is 0 Å². The van der Waals surface area contributed by atoms with Crippen molar-refractivity contribution in [2.24, 2.45) is 0 Å². The maximum Gasteiger partial charge on any atom is 0.472 e. The monoisotopic (exact) mass is 1550 g/mol. The molecule has 0 aliphatic heterocycles. The van der Waals surface area contributed by atoms with Crippen molar-refractivity contribution >= 4 is 39.5 Å². The summed E-state index contributed by atoms with van der Waals surface area (Å²) in [6.45, 7) is 4.30. The van der Waals surface area contributed by atoms with Crippen molar-refractivity contribution in [1.29, 1.82) is 0 Å². The second-order valence-corrected chi connectivity index (χ2v) is 29.4. The van der Waals surface area contributed by atoms with Gasteiger partial charge >= 0.3 is 39.5 Å². The molecule has 0 aliphatic rings. The Bertz CT molecular complexity index is 2760. The fourth-order valence-electron chi connectivity index (χ4n) is 10.3. The zero-order chi connectivity index (χ0) is 78.9. The molecule has 0 aliphatic carbocycles. The van der Waals surface area contributed by atoms with Crippen LogP contribution in [0.4, 0.5) is 0 Å². The smallest absolute Gasteiger partial charge is 0.462 e. The van der Waals surface area contributed by atoms with E-state index in [-0.39, 0.29) is 25.7 Å². The minimum atomic E-state index is -5.01. The van der Waals surface area contributed by atoms with Crippen molar-refractivity contribution in [1.82, 2.24) is 0 Å². The van der Waals surface area contributed by atoms with Crippen LogP contribution in [0.25, 0.3) is 0 Å². The van der Waals surface area contributed by atoms with Gasteiger partial charge in [-0.1, -0.05) is 293 Å². The molecule has 0 fully saturated rings. The van der Waals surface area contributed by atoms with Crippen LogP contribution in [0.5, 0.6) is 0 Å². The summed E-state index contributed by atoms with van der Waals surface area (Å²) in [5, 5.41) is 10.7. The van der Waals surface area contributed by atoms with Crippen LogP contribution < -0.4 is 0 Å². The molecule has 0 bridgehead atoms. The number of aliphatic hydroxyl groups is 1. The Morgan fingerprint density at radius 3 is 0.750 bits per heavy atom. The summed E-state index contributed by atoms with van der Waals surface area (Å²) < 4.78 is 68.6. The number of hydrogen-bond acceptors (Lipinski definition) is 15. The van der Waals surface area contributed by atoms with Crippen LogP contribution in [0, 0.1) is 0 Å². The minimum absolute atomic E-state index is 0.0258. The summed E-state index contributed by atoms with van der Waals surface area (Å²) in [4.78, 5) is 73.1. The van der Waals surface area contributed by atoms with Crippen LogP contribution in [0.3, 0.4) is 0 Å². The average molecular weight is 1550 g/mol. The number of phosphoric acid groups is 2. The first-order valence-corrected chi connectivity index (χ1v) is 44.0. The van der Waals surface area contributed by atoms with Crippen molar-refractivity contribution < 1.29 is 80.2 Å². The topological polar surface area (TPSA) is 237 Å². The van der Waals surface area contributed by atoms with E-state index in [0.717, 1.165) is 212 Å². The Morgan fingerprint density at radius 1 is 0.259 bits per heavy atom. The van der Waals surface area contributed by atoms with Gasteiger partial charge in [-0.15, -0.1) is 0 Å². The Kier molecular flexibility index (Phi) is 75.0. The van der Waals surface area contributed by atoms with Crippen molar-refractivity contribution in [2.45, 2.75) is 316 Å². The van der Waals surface area contributed by atoms with Crippen LogP contribution >= 0.6 is 15.6 Å². The van der Waals surface area contributed by atoms with E-state index in [4.69, 9.17) is 37.0 Å². The van der Waals surface area contributed by atoms with E-state index in [0.29, 0.717) is 32.1 Å². The van der Waals surface area contributed by atoms with Gasteiger partial charge in [0, 0.05) is 25.7 Å². The molecule has 3 N–H and O–H groups in total. The molecule has 0 aromatic carbocycles.